The van der Waals surface area contributed by atoms with Gasteiger partial charge in [0.05, 0.1) is 5.69 Å². The van der Waals surface area contributed by atoms with E-state index in [9.17, 15) is 5.11 Å². The first-order chi connectivity index (χ1) is 8.74. The maximum Gasteiger partial charge on any atom is 0.193 e. The zero-order chi connectivity index (χ0) is 12.5. The molecule has 0 atom stereocenters. The number of anilines is 1. The molecular weight excluding hydrogens is 250 g/mol. The maximum absolute atomic E-state index is 9.46. The topological polar surface area (TPSA) is 72.8 Å². The second-order valence-electron chi connectivity index (χ2n) is 3.80. The standard InChI is InChI=1S/C12H11N3O2S/c13-11-9(16)2-1-3-10(11)17-7-8-6-15-4-5-18-12(15)14-8/h1-6,16H,7,13H2. The van der Waals surface area contributed by atoms with Gasteiger partial charge in [-0.15, -0.1) is 11.3 Å². The fourth-order valence-corrected chi connectivity index (χ4v) is 2.37. The molecule has 0 bridgehead atoms. The summed E-state index contributed by atoms with van der Waals surface area (Å²) in [6.07, 6.45) is 3.85. The number of phenolic OH excluding ortho intramolecular Hbond substituents is 1. The first-order valence-corrected chi connectivity index (χ1v) is 6.23. The van der Waals surface area contributed by atoms with Crippen molar-refractivity contribution in [1.82, 2.24) is 9.38 Å². The van der Waals surface area contributed by atoms with E-state index in [1.807, 2.05) is 22.2 Å². The van der Waals surface area contributed by atoms with Crippen molar-refractivity contribution in [2.24, 2.45) is 0 Å². The Morgan fingerprint density at radius 1 is 1.44 bits per heavy atom. The Hall–Kier alpha value is -2.21. The third-order valence-electron chi connectivity index (χ3n) is 2.56. The van der Waals surface area contributed by atoms with E-state index in [-0.39, 0.29) is 11.4 Å². The summed E-state index contributed by atoms with van der Waals surface area (Å²) in [5.41, 5.74) is 6.78. The van der Waals surface area contributed by atoms with Crippen LogP contribution in [0.15, 0.2) is 36.0 Å². The lowest BCUT2D eigenvalue weighted by Gasteiger charge is -2.08. The number of aromatic nitrogens is 2. The SMILES string of the molecule is Nc1c(O)cccc1OCc1cn2ccsc2n1. The molecule has 3 N–H and O–H groups in total. The van der Waals surface area contributed by atoms with Crippen LogP contribution in [-0.2, 0) is 6.61 Å². The molecule has 0 spiro atoms. The molecule has 5 nitrogen and oxygen atoms in total. The molecule has 0 saturated carbocycles. The van der Waals surface area contributed by atoms with Gasteiger partial charge in [-0.3, -0.25) is 4.40 Å². The number of aromatic hydroxyl groups is 1. The lowest BCUT2D eigenvalue weighted by Crippen LogP contribution is -1.99. The highest BCUT2D eigenvalue weighted by molar-refractivity contribution is 7.15. The van der Waals surface area contributed by atoms with Crippen molar-refractivity contribution in [2.45, 2.75) is 6.61 Å². The summed E-state index contributed by atoms with van der Waals surface area (Å²) in [5, 5.41) is 11.4. The lowest BCUT2D eigenvalue weighted by atomic mass is 10.3. The molecule has 3 aromatic rings. The van der Waals surface area contributed by atoms with Gasteiger partial charge in [0.1, 0.15) is 23.8 Å². The number of thiazole rings is 1. The van der Waals surface area contributed by atoms with Gasteiger partial charge in [0, 0.05) is 17.8 Å². The summed E-state index contributed by atoms with van der Waals surface area (Å²) in [6, 6.07) is 4.93. The van der Waals surface area contributed by atoms with Gasteiger partial charge >= 0.3 is 0 Å². The monoisotopic (exact) mass is 261 g/mol. The molecule has 3 rings (SSSR count). The number of nitrogen functional groups attached to an aromatic ring is 1. The van der Waals surface area contributed by atoms with Crippen LogP contribution in [0.4, 0.5) is 5.69 Å². The first-order valence-electron chi connectivity index (χ1n) is 5.35. The zero-order valence-electron chi connectivity index (χ0n) is 9.41. The summed E-state index contributed by atoms with van der Waals surface area (Å²) >= 11 is 1.57. The van der Waals surface area contributed by atoms with E-state index in [0.717, 1.165) is 10.7 Å². The van der Waals surface area contributed by atoms with Crippen molar-refractivity contribution in [3.63, 3.8) is 0 Å². The van der Waals surface area contributed by atoms with Crippen LogP contribution in [0.1, 0.15) is 5.69 Å². The highest BCUT2D eigenvalue weighted by atomic mass is 32.1. The number of phenols is 1. The van der Waals surface area contributed by atoms with Crippen molar-refractivity contribution in [2.75, 3.05) is 5.73 Å². The Labute approximate surface area is 107 Å². The molecule has 0 radical (unpaired) electrons. The van der Waals surface area contributed by atoms with E-state index >= 15 is 0 Å². The largest absolute Gasteiger partial charge is 0.506 e. The van der Waals surface area contributed by atoms with Gasteiger partial charge in [-0.05, 0) is 12.1 Å². The van der Waals surface area contributed by atoms with Crippen LogP contribution in [0.2, 0.25) is 0 Å². The molecule has 0 amide bonds. The quantitative estimate of drug-likeness (QED) is 0.560. The maximum atomic E-state index is 9.46. The predicted octanol–water partition coefficient (Wildman–Crippen LogP) is 2.26. The van der Waals surface area contributed by atoms with Gasteiger partial charge in [0.25, 0.3) is 0 Å². The van der Waals surface area contributed by atoms with Gasteiger partial charge in [-0.1, -0.05) is 6.07 Å². The van der Waals surface area contributed by atoms with E-state index in [4.69, 9.17) is 10.5 Å². The van der Waals surface area contributed by atoms with Gasteiger partial charge in [-0.2, -0.15) is 0 Å². The fourth-order valence-electron chi connectivity index (χ4n) is 1.66. The summed E-state index contributed by atoms with van der Waals surface area (Å²) in [5.74, 6) is 0.490. The smallest absolute Gasteiger partial charge is 0.193 e. The van der Waals surface area contributed by atoms with E-state index in [1.54, 1.807) is 23.5 Å². The molecule has 0 aliphatic heterocycles. The minimum atomic E-state index is 0.0262. The Bertz CT molecular complexity index is 661. The minimum Gasteiger partial charge on any atom is -0.506 e. The van der Waals surface area contributed by atoms with Crippen LogP contribution in [0.5, 0.6) is 11.5 Å². The number of nitrogens with zero attached hydrogens (tertiary/aromatic N) is 2. The third kappa shape index (κ3) is 1.86. The highest BCUT2D eigenvalue weighted by Crippen LogP contribution is 2.30. The fraction of sp³-hybridized carbons (Fsp3) is 0.0833. The molecule has 2 heterocycles. The van der Waals surface area contributed by atoms with Crippen LogP contribution in [0.3, 0.4) is 0 Å². The molecule has 1 aromatic carbocycles. The molecule has 0 fully saturated rings. The van der Waals surface area contributed by atoms with E-state index in [2.05, 4.69) is 4.98 Å². The number of ether oxygens (including phenoxy) is 1. The number of nitrogens with two attached hydrogens (primary N) is 1. The Morgan fingerprint density at radius 2 is 2.33 bits per heavy atom. The van der Waals surface area contributed by atoms with Gasteiger partial charge in [-0.25, -0.2) is 4.98 Å². The summed E-state index contributed by atoms with van der Waals surface area (Å²) in [4.78, 5) is 5.32. The molecule has 0 aliphatic rings. The Morgan fingerprint density at radius 3 is 3.17 bits per heavy atom. The number of fused-ring (bicyclic) bond motifs is 1. The van der Waals surface area contributed by atoms with Crippen LogP contribution in [0.25, 0.3) is 4.96 Å². The molecule has 2 aromatic heterocycles. The number of benzene rings is 1. The van der Waals surface area contributed by atoms with Crippen molar-refractivity contribution in [3.05, 3.63) is 41.7 Å². The summed E-state index contributed by atoms with van der Waals surface area (Å²) in [6.45, 7) is 0.321. The predicted molar refractivity (Wildman–Crippen MR) is 69.9 cm³/mol. The molecular formula is C12H11N3O2S. The van der Waals surface area contributed by atoms with E-state index < -0.39 is 0 Å². The zero-order valence-corrected chi connectivity index (χ0v) is 10.2. The van der Waals surface area contributed by atoms with Gasteiger partial charge < -0.3 is 15.6 Å². The van der Waals surface area contributed by atoms with E-state index in [0.29, 0.717) is 12.4 Å². The molecule has 0 aliphatic carbocycles. The minimum absolute atomic E-state index is 0.0262. The van der Waals surface area contributed by atoms with Crippen molar-refractivity contribution in [3.8, 4) is 11.5 Å². The number of hydrogen-bond acceptors (Lipinski definition) is 5. The average molecular weight is 261 g/mol. The molecule has 0 saturated heterocycles. The molecule has 0 unspecified atom stereocenters. The van der Waals surface area contributed by atoms with Crippen LogP contribution in [-0.4, -0.2) is 14.5 Å². The number of hydrogen-bond donors (Lipinski definition) is 2. The van der Waals surface area contributed by atoms with Crippen LogP contribution >= 0.6 is 11.3 Å². The second kappa shape index (κ2) is 4.23. The second-order valence-corrected chi connectivity index (χ2v) is 4.68. The van der Waals surface area contributed by atoms with Crippen LogP contribution < -0.4 is 10.5 Å². The normalized spacial score (nSPS) is 10.9. The number of para-hydroxylation sites is 1. The average Bonchev–Trinajstić information content (AvgIpc) is 2.91. The van der Waals surface area contributed by atoms with Gasteiger partial charge in [0.15, 0.2) is 4.96 Å². The number of rotatable bonds is 3. The van der Waals surface area contributed by atoms with Crippen LogP contribution in [0, 0.1) is 0 Å². The van der Waals surface area contributed by atoms with Crippen molar-refractivity contribution >= 4 is 22.0 Å². The first kappa shape index (κ1) is 10.9. The molecule has 6 heteroatoms. The Balaban J connectivity index is 1.78. The third-order valence-corrected chi connectivity index (χ3v) is 3.33. The highest BCUT2D eigenvalue weighted by Gasteiger charge is 2.07. The Kier molecular flexibility index (Phi) is 2.56. The molecule has 18 heavy (non-hydrogen) atoms. The number of imidazole rings is 1. The summed E-state index contributed by atoms with van der Waals surface area (Å²) < 4.78 is 7.49. The van der Waals surface area contributed by atoms with Gasteiger partial charge in [0.2, 0.25) is 0 Å². The van der Waals surface area contributed by atoms with Crippen molar-refractivity contribution in [1.29, 1.82) is 0 Å². The lowest BCUT2D eigenvalue weighted by molar-refractivity contribution is 0.302. The van der Waals surface area contributed by atoms with Crippen molar-refractivity contribution < 1.29 is 9.84 Å². The van der Waals surface area contributed by atoms with E-state index in [1.165, 1.54) is 6.07 Å². The summed E-state index contributed by atoms with van der Waals surface area (Å²) in [7, 11) is 0. The molecule has 92 valence electrons.